The average molecular weight is 274 g/mol. The molecule has 0 radical (unpaired) electrons. The number of carbonyl (C=O) groups is 2. The largest absolute Gasteiger partial charge is 0.462 e. The standard InChI is InChI=1S/C14H23FO4/c1-4-7-9-18-13(16)11(6-3)12(15)14(17)19-10-8-5-2/h4-10H2,1-3H3/b12-11+. The van der Waals surface area contributed by atoms with Crippen LogP contribution in [0.3, 0.4) is 0 Å². The number of carbonyl (C=O) groups excluding carboxylic acids is 2. The Morgan fingerprint density at radius 2 is 1.37 bits per heavy atom. The van der Waals surface area contributed by atoms with Crippen molar-refractivity contribution >= 4 is 11.9 Å². The quantitative estimate of drug-likeness (QED) is 0.368. The third kappa shape index (κ3) is 6.94. The van der Waals surface area contributed by atoms with E-state index in [1.54, 1.807) is 6.92 Å². The highest BCUT2D eigenvalue weighted by atomic mass is 19.1. The van der Waals surface area contributed by atoms with E-state index in [4.69, 9.17) is 9.47 Å². The van der Waals surface area contributed by atoms with Crippen LogP contribution in [0.15, 0.2) is 11.4 Å². The van der Waals surface area contributed by atoms with Gasteiger partial charge in [-0.1, -0.05) is 33.6 Å². The number of rotatable bonds is 9. The summed E-state index contributed by atoms with van der Waals surface area (Å²) in [7, 11) is 0. The maximum atomic E-state index is 13.8. The summed E-state index contributed by atoms with van der Waals surface area (Å²) in [6, 6.07) is 0. The zero-order valence-electron chi connectivity index (χ0n) is 12.0. The molecule has 0 spiro atoms. The fourth-order valence-electron chi connectivity index (χ4n) is 1.28. The fraction of sp³-hybridized carbons (Fsp3) is 0.714. The number of esters is 2. The van der Waals surface area contributed by atoms with Crippen molar-refractivity contribution in [3.63, 3.8) is 0 Å². The summed E-state index contributed by atoms with van der Waals surface area (Å²) < 4.78 is 23.4. The summed E-state index contributed by atoms with van der Waals surface area (Å²) >= 11 is 0. The molecule has 0 amide bonds. The third-order valence-corrected chi connectivity index (χ3v) is 2.51. The van der Waals surface area contributed by atoms with E-state index < -0.39 is 17.8 Å². The first-order valence-corrected chi connectivity index (χ1v) is 6.81. The highest BCUT2D eigenvalue weighted by molar-refractivity contribution is 5.98. The maximum absolute atomic E-state index is 13.8. The molecule has 19 heavy (non-hydrogen) atoms. The summed E-state index contributed by atoms with van der Waals surface area (Å²) in [4.78, 5) is 23.0. The van der Waals surface area contributed by atoms with Crippen LogP contribution in [0.4, 0.5) is 4.39 Å². The lowest BCUT2D eigenvalue weighted by Gasteiger charge is -2.08. The first-order valence-electron chi connectivity index (χ1n) is 6.81. The Bertz CT molecular complexity index is 323. The average Bonchev–Trinajstić information content (AvgIpc) is 2.39. The maximum Gasteiger partial charge on any atom is 0.367 e. The number of unbranched alkanes of at least 4 members (excludes halogenated alkanes) is 2. The van der Waals surface area contributed by atoms with Crippen molar-refractivity contribution < 1.29 is 23.5 Å². The first-order chi connectivity index (χ1) is 9.08. The Morgan fingerprint density at radius 1 is 0.895 bits per heavy atom. The van der Waals surface area contributed by atoms with Crippen molar-refractivity contribution in [2.75, 3.05) is 13.2 Å². The van der Waals surface area contributed by atoms with Crippen LogP contribution in [0.1, 0.15) is 52.9 Å². The van der Waals surface area contributed by atoms with Crippen molar-refractivity contribution in [1.29, 1.82) is 0 Å². The van der Waals surface area contributed by atoms with Gasteiger partial charge < -0.3 is 9.47 Å². The molecule has 0 aliphatic heterocycles. The predicted molar refractivity (Wildman–Crippen MR) is 70.2 cm³/mol. The molecule has 0 aliphatic carbocycles. The molecular weight excluding hydrogens is 251 g/mol. The second-order valence-corrected chi connectivity index (χ2v) is 4.13. The van der Waals surface area contributed by atoms with Gasteiger partial charge in [0.25, 0.3) is 0 Å². The molecule has 0 aromatic rings. The Hall–Kier alpha value is -1.39. The molecule has 0 aromatic carbocycles. The van der Waals surface area contributed by atoms with Gasteiger partial charge in [-0.2, -0.15) is 4.39 Å². The summed E-state index contributed by atoms with van der Waals surface area (Å²) in [5.41, 5.74) is -0.252. The highest BCUT2D eigenvalue weighted by Gasteiger charge is 2.22. The van der Waals surface area contributed by atoms with Crippen LogP contribution in [0.2, 0.25) is 0 Å². The minimum absolute atomic E-state index is 0.0969. The molecule has 0 saturated carbocycles. The Morgan fingerprint density at radius 3 is 1.79 bits per heavy atom. The van der Waals surface area contributed by atoms with Crippen LogP contribution in [-0.2, 0) is 19.1 Å². The number of hydrogen-bond acceptors (Lipinski definition) is 4. The Labute approximate surface area is 114 Å². The van der Waals surface area contributed by atoms with Crippen molar-refractivity contribution in [2.45, 2.75) is 52.9 Å². The molecule has 0 fully saturated rings. The van der Waals surface area contributed by atoms with Gasteiger partial charge in [0, 0.05) is 0 Å². The van der Waals surface area contributed by atoms with Gasteiger partial charge in [0.15, 0.2) is 0 Å². The minimum Gasteiger partial charge on any atom is -0.462 e. The molecular formula is C14H23FO4. The molecule has 0 aromatic heterocycles. The van der Waals surface area contributed by atoms with E-state index in [0.717, 1.165) is 12.8 Å². The van der Waals surface area contributed by atoms with E-state index in [-0.39, 0.29) is 25.2 Å². The molecule has 0 bridgehead atoms. The minimum atomic E-state index is -1.14. The molecule has 0 atom stereocenters. The fourth-order valence-corrected chi connectivity index (χ4v) is 1.28. The van der Waals surface area contributed by atoms with E-state index in [0.29, 0.717) is 12.8 Å². The number of hydrogen-bond donors (Lipinski definition) is 0. The second kappa shape index (κ2) is 10.5. The normalized spacial score (nSPS) is 11.8. The van der Waals surface area contributed by atoms with Crippen molar-refractivity contribution in [2.24, 2.45) is 0 Å². The SMILES string of the molecule is CCCCOC(=O)/C(F)=C(/CC)C(=O)OCCCC. The molecule has 4 nitrogen and oxygen atoms in total. The molecule has 0 heterocycles. The number of halogens is 1. The van der Waals surface area contributed by atoms with Crippen LogP contribution in [0, 0.1) is 0 Å². The lowest BCUT2D eigenvalue weighted by atomic mass is 10.2. The van der Waals surface area contributed by atoms with Gasteiger partial charge in [0.2, 0.25) is 5.83 Å². The van der Waals surface area contributed by atoms with Gasteiger partial charge in [0.05, 0.1) is 18.8 Å². The Balaban J connectivity index is 4.54. The van der Waals surface area contributed by atoms with Crippen molar-refractivity contribution in [3.8, 4) is 0 Å². The predicted octanol–water partition coefficient (Wildman–Crippen LogP) is 3.31. The van der Waals surface area contributed by atoms with E-state index >= 15 is 0 Å². The second-order valence-electron chi connectivity index (χ2n) is 4.13. The van der Waals surface area contributed by atoms with Gasteiger partial charge in [-0.3, -0.25) is 0 Å². The molecule has 0 N–H and O–H groups in total. The lowest BCUT2D eigenvalue weighted by molar-refractivity contribution is -0.143. The van der Waals surface area contributed by atoms with E-state index in [9.17, 15) is 14.0 Å². The molecule has 5 heteroatoms. The highest BCUT2D eigenvalue weighted by Crippen LogP contribution is 2.14. The van der Waals surface area contributed by atoms with Crippen LogP contribution in [0.5, 0.6) is 0 Å². The summed E-state index contributed by atoms with van der Waals surface area (Å²) in [5, 5.41) is 0. The first kappa shape index (κ1) is 17.6. The molecule has 0 saturated heterocycles. The van der Waals surface area contributed by atoms with Crippen molar-refractivity contribution in [3.05, 3.63) is 11.4 Å². The van der Waals surface area contributed by atoms with Gasteiger partial charge in [-0.25, -0.2) is 9.59 Å². The third-order valence-electron chi connectivity index (χ3n) is 2.51. The lowest BCUT2D eigenvalue weighted by Crippen LogP contribution is -2.15. The van der Waals surface area contributed by atoms with Gasteiger partial charge in [-0.15, -0.1) is 0 Å². The van der Waals surface area contributed by atoms with E-state index in [2.05, 4.69) is 0 Å². The Kier molecular flexibility index (Phi) is 9.75. The summed E-state index contributed by atoms with van der Waals surface area (Å²) in [5.74, 6) is -3.00. The smallest absolute Gasteiger partial charge is 0.367 e. The van der Waals surface area contributed by atoms with Crippen molar-refractivity contribution in [1.82, 2.24) is 0 Å². The molecule has 110 valence electrons. The van der Waals surface area contributed by atoms with Gasteiger partial charge in [-0.05, 0) is 19.3 Å². The van der Waals surface area contributed by atoms with E-state index in [1.165, 1.54) is 0 Å². The topological polar surface area (TPSA) is 52.6 Å². The monoisotopic (exact) mass is 274 g/mol. The summed E-state index contributed by atoms with van der Waals surface area (Å²) in [6.07, 6.45) is 3.20. The van der Waals surface area contributed by atoms with Crippen LogP contribution in [0.25, 0.3) is 0 Å². The van der Waals surface area contributed by atoms with Crippen LogP contribution >= 0.6 is 0 Å². The molecule has 0 aliphatic rings. The van der Waals surface area contributed by atoms with Gasteiger partial charge >= 0.3 is 11.9 Å². The van der Waals surface area contributed by atoms with Gasteiger partial charge in [0.1, 0.15) is 0 Å². The molecule has 0 rings (SSSR count). The van der Waals surface area contributed by atoms with Crippen LogP contribution in [-0.4, -0.2) is 25.2 Å². The number of ether oxygens (including phenoxy) is 2. The summed E-state index contributed by atoms with van der Waals surface area (Å²) in [6.45, 7) is 5.87. The van der Waals surface area contributed by atoms with E-state index in [1.807, 2.05) is 13.8 Å². The zero-order chi connectivity index (χ0) is 14.7. The zero-order valence-corrected chi connectivity index (χ0v) is 12.0. The van der Waals surface area contributed by atoms with Crippen LogP contribution < -0.4 is 0 Å². The molecule has 0 unspecified atom stereocenters.